The maximum atomic E-state index is 12.5. The van der Waals surface area contributed by atoms with Crippen LogP contribution in [0.1, 0.15) is 31.6 Å². The summed E-state index contributed by atoms with van der Waals surface area (Å²) in [5.74, 6) is 0.764. The molecule has 22 heavy (non-hydrogen) atoms. The van der Waals surface area contributed by atoms with Gasteiger partial charge in [0.1, 0.15) is 12.1 Å². The van der Waals surface area contributed by atoms with Crippen molar-refractivity contribution >= 4 is 11.9 Å². The molecule has 3 heterocycles. The maximum Gasteiger partial charge on any atom is 0.325 e. The smallest absolute Gasteiger partial charge is 0.325 e. The minimum Gasteiger partial charge on any atom is -0.461 e. The maximum absolute atomic E-state index is 12.5. The van der Waals surface area contributed by atoms with Gasteiger partial charge in [-0.15, -0.1) is 0 Å². The highest BCUT2D eigenvalue weighted by Gasteiger charge is 2.52. The zero-order valence-corrected chi connectivity index (χ0v) is 11.7. The molecule has 8 nitrogen and oxygen atoms in total. The first-order chi connectivity index (χ1) is 10.7. The Labute approximate surface area is 125 Å². The van der Waals surface area contributed by atoms with Gasteiger partial charge >= 0.3 is 6.03 Å². The Kier molecular flexibility index (Phi) is 2.78. The van der Waals surface area contributed by atoms with Gasteiger partial charge in [0.05, 0.1) is 6.26 Å². The van der Waals surface area contributed by atoms with Gasteiger partial charge < -0.3 is 14.3 Å². The second-order valence-corrected chi connectivity index (χ2v) is 5.60. The first kappa shape index (κ1) is 13.1. The van der Waals surface area contributed by atoms with E-state index in [-0.39, 0.29) is 18.3 Å². The van der Waals surface area contributed by atoms with E-state index in [9.17, 15) is 9.59 Å². The molecule has 114 valence electrons. The first-order valence-corrected chi connectivity index (χ1v) is 7.19. The Balaban J connectivity index is 1.54. The second kappa shape index (κ2) is 4.69. The van der Waals surface area contributed by atoms with Crippen LogP contribution in [-0.4, -0.2) is 32.5 Å². The Morgan fingerprint density at radius 2 is 2.14 bits per heavy atom. The van der Waals surface area contributed by atoms with Gasteiger partial charge in [0.15, 0.2) is 5.76 Å². The summed E-state index contributed by atoms with van der Waals surface area (Å²) in [4.78, 5) is 29.9. The third-order valence-corrected chi connectivity index (χ3v) is 4.21. The van der Waals surface area contributed by atoms with Crippen LogP contribution in [0.2, 0.25) is 0 Å². The van der Waals surface area contributed by atoms with Crippen molar-refractivity contribution in [2.75, 3.05) is 0 Å². The summed E-state index contributed by atoms with van der Waals surface area (Å²) in [6.07, 6.45) is 4.78. The summed E-state index contributed by atoms with van der Waals surface area (Å²) in [5, 5.41) is 6.60. The molecule has 0 atom stereocenters. The fourth-order valence-electron chi connectivity index (χ4n) is 3.10. The molecule has 2 fully saturated rings. The van der Waals surface area contributed by atoms with Crippen LogP contribution in [-0.2, 0) is 11.3 Å². The number of imide groups is 1. The van der Waals surface area contributed by atoms with E-state index < -0.39 is 11.6 Å². The SMILES string of the molecule is O=C1NC2(CCCC2)C(=O)N1Cc1nc(-c2ccco2)no1. The summed E-state index contributed by atoms with van der Waals surface area (Å²) in [7, 11) is 0. The molecule has 2 aromatic heterocycles. The van der Waals surface area contributed by atoms with Gasteiger partial charge in [0.25, 0.3) is 5.91 Å². The van der Waals surface area contributed by atoms with Crippen LogP contribution in [0.4, 0.5) is 4.79 Å². The number of furan rings is 1. The highest BCUT2D eigenvalue weighted by molar-refractivity contribution is 6.07. The van der Waals surface area contributed by atoms with Crippen molar-refractivity contribution in [1.29, 1.82) is 0 Å². The van der Waals surface area contributed by atoms with Gasteiger partial charge in [0, 0.05) is 0 Å². The van der Waals surface area contributed by atoms with Crippen molar-refractivity contribution in [3.05, 3.63) is 24.3 Å². The van der Waals surface area contributed by atoms with Gasteiger partial charge in [-0.1, -0.05) is 18.0 Å². The summed E-state index contributed by atoms with van der Waals surface area (Å²) in [6.45, 7) is -0.0277. The van der Waals surface area contributed by atoms with Gasteiger partial charge in [-0.3, -0.25) is 9.69 Å². The molecule has 1 saturated heterocycles. The third-order valence-electron chi connectivity index (χ3n) is 4.21. The van der Waals surface area contributed by atoms with E-state index in [1.165, 1.54) is 6.26 Å². The predicted molar refractivity (Wildman–Crippen MR) is 72.3 cm³/mol. The fraction of sp³-hybridized carbons (Fsp3) is 0.429. The average molecular weight is 302 g/mol. The number of aromatic nitrogens is 2. The predicted octanol–water partition coefficient (Wildman–Crippen LogP) is 1.69. The molecule has 1 N–H and O–H groups in total. The average Bonchev–Trinajstić information content (AvgIpc) is 3.25. The Morgan fingerprint density at radius 1 is 1.32 bits per heavy atom. The normalized spacial score (nSPS) is 20.1. The monoisotopic (exact) mass is 302 g/mol. The molecule has 0 unspecified atom stereocenters. The van der Waals surface area contributed by atoms with Crippen LogP contribution in [0, 0.1) is 0 Å². The summed E-state index contributed by atoms with van der Waals surface area (Å²) >= 11 is 0. The summed E-state index contributed by atoms with van der Waals surface area (Å²) < 4.78 is 10.3. The Morgan fingerprint density at radius 3 is 2.86 bits per heavy atom. The molecular weight excluding hydrogens is 288 g/mol. The number of carbonyl (C=O) groups excluding carboxylic acids is 2. The van der Waals surface area contributed by atoms with Crippen molar-refractivity contribution < 1.29 is 18.5 Å². The number of hydrogen-bond donors (Lipinski definition) is 1. The molecule has 0 bridgehead atoms. The zero-order chi connectivity index (χ0) is 15.2. The van der Waals surface area contributed by atoms with E-state index in [0.29, 0.717) is 24.4 Å². The van der Waals surface area contributed by atoms with E-state index in [2.05, 4.69) is 15.5 Å². The molecule has 2 aromatic rings. The molecule has 4 rings (SSSR count). The third kappa shape index (κ3) is 1.91. The molecule has 1 spiro atoms. The molecule has 0 radical (unpaired) electrons. The number of amides is 3. The van der Waals surface area contributed by atoms with E-state index in [1.807, 2.05) is 0 Å². The van der Waals surface area contributed by atoms with Gasteiger partial charge in [0.2, 0.25) is 11.7 Å². The minimum absolute atomic E-state index is 0.0277. The van der Waals surface area contributed by atoms with E-state index in [1.54, 1.807) is 12.1 Å². The lowest BCUT2D eigenvalue weighted by Gasteiger charge is -2.19. The molecule has 3 amide bonds. The number of carbonyl (C=O) groups is 2. The number of hydrogen-bond acceptors (Lipinski definition) is 6. The Hall–Kier alpha value is -2.64. The quantitative estimate of drug-likeness (QED) is 0.866. The van der Waals surface area contributed by atoms with Crippen LogP contribution >= 0.6 is 0 Å². The molecule has 0 aromatic carbocycles. The van der Waals surface area contributed by atoms with Crippen LogP contribution in [0.3, 0.4) is 0 Å². The largest absolute Gasteiger partial charge is 0.461 e. The van der Waals surface area contributed by atoms with Crippen molar-refractivity contribution in [3.8, 4) is 11.6 Å². The highest BCUT2D eigenvalue weighted by Crippen LogP contribution is 2.35. The molecule has 1 saturated carbocycles. The number of urea groups is 1. The van der Waals surface area contributed by atoms with Crippen LogP contribution in [0.25, 0.3) is 11.6 Å². The zero-order valence-electron chi connectivity index (χ0n) is 11.7. The van der Waals surface area contributed by atoms with E-state index in [0.717, 1.165) is 17.7 Å². The lowest BCUT2D eigenvalue weighted by Crippen LogP contribution is -2.44. The number of rotatable bonds is 3. The lowest BCUT2D eigenvalue weighted by molar-refractivity contribution is -0.131. The van der Waals surface area contributed by atoms with Crippen LogP contribution in [0.5, 0.6) is 0 Å². The summed E-state index contributed by atoms with van der Waals surface area (Å²) in [6, 6.07) is 3.02. The van der Waals surface area contributed by atoms with Gasteiger partial charge in [-0.05, 0) is 25.0 Å². The standard InChI is InChI=1S/C14H14N4O4/c19-12-14(5-1-2-6-14)16-13(20)18(12)8-10-15-11(17-22-10)9-4-3-7-21-9/h3-4,7H,1-2,5-6,8H2,(H,16,20). The topological polar surface area (TPSA) is 101 Å². The van der Waals surface area contributed by atoms with Gasteiger partial charge in [-0.25, -0.2) is 4.79 Å². The van der Waals surface area contributed by atoms with Crippen molar-refractivity contribution in [2.24, 2.45) is 0 Å². The minimum atomic E-state index is -0.721. The Bertz CT molecular complexity index is 715. The fourth-order valence-corrected chi connectivity index (χ4v) is 3.10. The molecule has 2 aliphatic rings. The van der Waals surface area contributed by atoms with Crippen molar-refractivity contribution in [1.82, 2.24) is 20.4 Å². The second-order valence-electron chi connectivity index (χ2n) is 5.60. The summed E-state index contributed by atoms with van der Waals surface area (Å²) in [5.41, 5.74) is -0.721. The van der Waals surface area contributed by atoms with Crippen LogP contribution < -0.4 is 5.32 Å². The molecule has 8 heteroatoms. The van der Waals surface area contributed by atoms with E-state index >= 15 is 0 Å². The molecule has 1 aliphatic heterocycles. The molecule has 1 aliphatic carbocycles. The number of nitrogens with zero attached hydrogens (tertiary/aromatic N) is 3. The van der Waals surface area contributed by atoms with Crippen molar-refractivity contribution in [2.45, 2.75) is 37.8 Å². The van der Waals surface area contributed by atoms with Crippen LogP contribution in [0.15, 0.2) is 27.3 Å². The van der Waals surface area contributed by atoms with E-state index in [4.69, 9.17) is 8.94 Å². The lowest BCUT2D eigenvalue weighted by atomic mass is 9.98. The van der Waals surface area contributed by atoms with Gasteiger partial charge in [-0.2, -0.15) is 4.98 Å². The molecular formula is C14H14N4O4. The number of nitrogens with one attached hydrogen (secondary N) is 1. The highest BCUT2D eigenvalue weighted by atomic mass is 16.5. The first-order valence-electron chi connectivity index (χ1n) is 7.19. The van der Waals surface area contributed by atoms with Crippen molar-refractivity contribution in [3.63, 3.8) is 0 Å².